The van der Waals surface area contributed by atoms with Gasteiger partial charge in [-0.25, -0.2) is 4.98 Å². The van der Waals surface area contributed by atoms with Crippen LogP contribution in [-0.4, -0.2) is 40.1 Å². The molecule has 1 aliphatic rings. The molecule has 2 rings (SSSR count). The molecule has 17 heavy (non-hydrogen) atoms. The third-order valence-corrected chi connectivity index (χ3v) is 4.37. The molecule has 0 spiro atoms. The summed E-state index contributed by atoms with van der Waals surface area (Å²) >= 11 is 0. The Bertz CT molecular complexity index is 363. The van der Waals surface area contributed by atoms with E-state index in [0.29, 0.717) is 0 Å². The molecule has 1 aliphatic carbocycles. The maximum atomic E-state index is 6.48. The van der Waals surface area contributed by atoms with Gasteiger partial charge in [0.05, 0.1) is 0 Å². The normalized spacial score (nSPS) is 21.0. The number of aromatic nitrogens is 2. The monoisotopic (exact) mass is 236 g/mol. The van der Waals surface area contributed by atoms with E-state index in [9.17, 15) is 0 Å². The van der Waals surface area contributed by atoms with E-state index in [4.69, 9.17) is 5.73 Å². The first-order chi connectivity index (χ1) is 8.06. The Morgan fingerprint density at radius 1 is 1.47 bits per heavy atom. The number of aryl methyl sites for hydroxylation is 1. The van der Waals surface area contributed by atoms with Crippen molar-refractivity contribution in [2.24, 2.45) is 12.8 Å². The van der Waals surface area contributed by atoms with Gasteiger partial charge in [0.25, 0.3) is 0 Å². The smallest absolute Gasteiger partial charge is 0.109 e. The van der Waals surface area contributed by atoms with Crippen LogP contribution < -0.4 is 5.73 Å². The maximum absolute atomic E-state index is 6.48. The topological polar surface area (TPSA) is 47.1 Å². The summed E-state index contributed by atoms with van der Waals surface area (Å²) in [6, 6.07) is 0.168. The fraction of sp³-hybridized carbons (Fsp3) is 0.769. The number of imidazole rings is 1. The Kier molecular flexibility index (Phi) is 3.54. The van der Waals surface area contributed by atoms with Crippen molar-refractivity contribution in [3.05, 3.63) is 18.2 Å². The third-order valence-electron chi connectivity index (χ3n) is 4.37. The minimum Gasteiger partial charge on any atom is -0.338 e. The van der Waals surface area contributed by atoms with Gasteiger partial charge in [0.15, 0.2) is 0 Å². The van der Waals surface area contributed by atoms with Crippen molar-refractivity contribution in [1.82, 2.24) is 14.5 Å². The van der Waals surface area contributed by atoms with Crippen LogP contribution in [0, 0.1) is 0 Å². The lowest BCUT2D eigenvalue weighted by molar-refractivity contribution is 0.121. The van der Waals surface area contributed by atoms with E-state index in [0.717, 1.165) is 12.2 Å². The summed E-state index contributed by atoms with van der Waals surface area (Å²) in [6.07, 6.45) is 9.72. The predicted molar refractivity (Wildman–Crippen MR) is 69.8 cm³/mol. The zero-order valence-corrected chi connectivity index (χ0v) is 11.2. The van der Waals surface area contributed by atoms with E-state index in [1.54, 1.807) is 0 Å². The Hall–Kier alpha value is -0.870. The van der Waals surface area contributed by atoms with Crippen LogP contribution in [0.2, 0.25) is 0 Å². The molecule has 1 aromatic heterocycles. The summed E-state index contributed by atoms with van der Waals surface area (Å²) in [5.74, 6) is 1.09. The Morgan fingerprint density at radius 3 is 2.59 bits per heavy atom. The zero-order chi connectivity index (χ0) is 12.5. The first-order valence-electron chi connectivity index (χ1n) is 6.45. The van der Waals surface area contributed by atoms with Gasteiger partial charge in [0, 0.05) is 37.4 Å². The van der Waals surface area contributed by atoms with Crippen molar-refractivity contribution in [3.63, 3.8) is 0 Å². The summed E-state index contributed by atoms with van der Waals surface area (Å²) in [6.45, 7) is 0. The second-order valence-corrected chi connectivity index (χ2v) is 5.47. The molecule has 0 bridgehead atoms. The van der Waals surface area contributed by atoms with Crippen LogP contribution >= 0.6 is 0 Å². The van der Waals surface area contributed by atoms with Gasteiger partial charge >= 0.3 is 0 Å². The Balaban J connectivity index is 2.12. The minimum atomic E-state index is 0.168. The van der Waals surface area contributed by atoms with E-state index in [2.05, 4.69) is 28.5 Å². The largest absolute Gasteiger partial charge is 0.338 e. The SMILES string of the molecule is CN(C)C1(C(N)Cc2nccn2C)CCCC1. The zero-order valence-electron chi connectivity index (χ0n) is 11.2. The highest BCUT2D eigenvalue weighted by atomic mass is 15.2. The van der Waals surface area contributed by atoms with Crippen molar-refractivity contribution in [2.75, 3.05) is 14.1 Å². The second kappa shape index (κ2) is 4.78. The number of nitrogens with two attached hydrogens (primary N) is 1. The van der Waals surface area contributed by atoms with E-state index in [-0.39, 0.29) is 11.6 Å². The first kappa shape index (κ1) is 12.6. The van der Waals surface area contributed by atoms with Crippen LogP contribution in [0.1, 0.15) is 31.5 Å². The van der Waals surface area contributed by atoms with E-state index >= 15 is 0 Å². The summed E-state index contributed by atoms with van der Waals surface area (Å²) < 4.78 is 2.07. The molecule has 0 amide bonds. The molecule has 0 radical (unpaired) electrons. The van der Waals surface area contributed by atoms with Gasteiger partial charge in [0.1, 0.15) is 5.82 Å². The quantitative estimate of drug-likeness (QED) is 0.853. The third kappa shape index (κ3) is 2.24. The van der Waals surface area contributed by atoms with Gasteiger partial charge in [-0.1, -0.05) is 12.8 Å². The molecule has 0 aliphatic heterocycles. The highest BCUT2D eigenvalue weighted by Gasteiger charge is 2.41. The highest BCUT2D eigenvalue weighted by Crippen LogP contribution is 2.36. The first-order valence-corrected chi connectivity index (χ1v) is 6.45. The molecule has 4 nitrogen and oxygen atoms in total. The van der Waals surface area contributed by atoms with Crippen LogP contribution in [0.5, 0.6) is 0 Å². The highest BCUT2D eigenvalue weighted by molar-refractivity contribution is 5.05. The van der Waals surface area contributed by atoms with Crippen LogP contribution in [0.3, 0.4) is 0 Å². The summed E-state index contributed by atoms with van der Waals surface area (Å²) in [5, 5.41) is 0. The number of hydrogen-bond donors (Lipinski definition) is 1. The molecule has 2 N–H and O–H groups in total. The number of nitrogens with zero attached hydrogens (tertiary/aromatic N) is 3. The van der Waals surface area contributed by atoms with Crippen LogP contribution in [0.15, 0.2) is 12.4 Å². The van der Waals surface area contributed by atoms with Gasteiger partial charge in [-0.15, -0.1) is 0 Å². The summed E-state index contributed by atoms with van der Waals surface area (Å²) in [5.41, 5.74) is 6.65. The van der Waals surface area contributed by atoms with Crippen LogP contribution in [-0.2, 0) is 13.5 Å². The van der Waals surface area contributed by atoms with Gasteiger partial charge in [-0.2, -0.15) is 0 Å². The Morgan fingerprint density at radius 2 is 2.12 bits per heavy atom. The van der Waals surface area contributed by atoms with Crippen molar-refractivity contribution < 1.29 is 0 Å². The maximum Gasteiger partial charge on any atom is 0.109 e. The van der Waals surface area contributed by atoms with Crippen molar-refractivity contribution in [2.45, 2.75) is 43.7 Å². The molecule has 1 atom stereocenters. The molecule has 1 fully saturated rings. The minimum absolute atomic E-state index is 0.168. The molecule has 0 saturated heterocycles. The molecule has 1 heterocycles. The lowest BCUT2D eigenvalue weighted by Gasteiger charge is -2.41. The molecular formula is C13H24N4. The summed E-state index contributed by atoms with van der Waals surface area (Å²) in [4.78, 5) is 6.71. The number of rotatable bonds is 4. The lowest BCUT2D eigenvalue weighted by atomic mass is 9.85. The number of likely N-dealkylation sites (N-methyl/N-ethyl adjacent to an activating group) is 1. The molecule has 1 unspecified atom stereocenters. The van der Waals surface area contributed by atoms with Gasteiger partial charge in [-0.05, 0) is 26.9 Å². The van der Waals surface area contributed by atoms with E-state index in [1.807, 2.05) is 19.4 Å². The van der Waals surface area contributed by atoms with Gasteiger partial charge in [0.2, 0.25) is 0 Å². The van der Waals surface area contributed by atoms with Crippen molar-refractivity contribution in [3.8, 4) is 0 Å². The van der Waals surface area contributed by atoms with E-state index < -0.39 is 0 Å². The molecule has 4 heteroatoms. The molecule has 0 aromatic carbocycles. The van der Waals surface area contributed by atoms with Crippen molar-refractivity contribution in [1.29, 1.82) is 0 Å². The molecule has 96 valence electrons. The Labute approximate surface area is 104 Å². The summed E-state index contributed by atoms with van der Waals surface area (Å²) in [7, 11) is 6.35. The molecular weight excluding hydrogens is 212 g/mol. The fourth-order valence-corrected chi connectivity index (χ4v) is 3.12. The standard InChI is InChI=1S/C13H24N4/c1-16(2)13(6-4-5-7-13)11(14)10-12-15-8-9-17(12)3/h8-9,11H,4-7,10,14H2,1-3H3. The molecule has 1 aromatic rings. The molecule has 1 saturated carbocycles. The lowest BCUT2D eigenvalue weighted by Crippen LogP contribution is -2.56. The fourth-order valence-electron chi connectivity index (χ4n) is 3.12. The van der Waals surface area contributed by atoms with Gasteiger partial charge < -0.3 is 15.2 Å². The van der Waals surface area contributed by atoms with Crippen LogP contribution in [0.4, 0.5) is 0 Å². The average Bonchev–Trinajstić information content (AvgIpc) is 2.89. The second-order valence-electron chi connectivity index (χ2n) is 5.47. The predicted octanol–water partition coefficient (Wildman–Crippen LogP) is 1.16. The van der Waals surface area contributed by atoms with E-state index in [1.165, 1.54) is 25.7 Å². The average molecular weight is 236 g/mol. The van der Waals surface area contributed by atoms with Crippen molar-refractivity contribution >= 4 is 0 Å². The van der Waals surface area contributed by atoms with Crippen LogP contribution in [0.25, 0.3) is 0 Å². The van der Waals surface area contributed by atoms with Gasteiger partial charge in [-0.3, -0.25) is 0 Å². The number of hydrogen-bond acceptors (Lipinski definition) is 3.